The first-order valence-corrected chi connectivity index (χ1v) is 7.94. The lowest BCUT2D eigenvalue weighted by Crippen LogP contribution is -2.38. The van der Waals surface area contributed by atoms with Crippen molar-refractivity contribution in [1.82, 2.24) is 9.97 Å². The summed E-state index contributed by atoms with van der Waals surface area (Å²) >= 11 is 0. The second-order valence-electron chi connectivity index (χ2n) is 5.26. The standard InChI is InChI=1S/C12H21N3O3S/c1-9(2)18-11-10(13-6-7-14-11)15-8-12(3,4)19(5,16)17/h6-7,9H,8H2,1-5H3,(H,13,15). The molecule has 1 aromatic heterocycles. The molecule has 0 saturated heterocycles. The molecule has 1 aromatic rings. The molecule has 1 heterocycles. The molecule has 0 aliphatic rings. The van der Waals surface area contributed by atoms with Gasteiger partial charge in [0.2, 0.25) is 0 Å². The van der Waals surface area contributed by atoms with E-state index in [9.17, 15) is 8.42 Å². The van der Waals surface area contributed by atoms with E-state index in [2.05, 4.69) is 15.3 Å². The smallest absolute Gasteiger partial charge is 0.257 e. The van der Waals surface area contributed by atoms with Gasteiger partial charge in [-0.3, -0.25) is 0 Å². The topological polar surface area (TPSA) is 81.2 Å². The molecule has 0 radical (unpaired) electrons. The highest BCUT2D eigenvalue weighted by Crippen LogP contribution is 2.21. The van der Waals surface area contributed by atoms with Crippen LogP contribution in [0.2, 0.25) is 0 Å². The summed E-state index contributed by atoms with van der Waals surface area (Å²) < 4.78 is 27.9. The number of rotatable bonds is 6. The van der Waals surface area contributed by atoms with Gasteiger partial charge in [0.05, 0.1) is 10.9 Å². The Hall–Kier alpha value is -1.37. The van der Waals surface area contributed by atoms with Gasteiger partial charge in [-0.25, -0.2) is 18.4 Å². The van der Waals surface area contributed by atoms with Crippen molar-refractivity contribution < 1.29 is 13.2 Å². The molecule has 0 saturated carbocycles. The average molecular weight is 287 g/mol. The molecule has 0 unspecified atom stereocenters. The number of anilines is 1. The number of nitrogens with one attached hydrogen (secondary N) is 1. The summed E-state index contributed by atoms with van der Waals surface area (Å²) in [6.45, 7) is 7.33. The maximum Gasteiger partial charge on any atom is 0.257 e. The first kappa shape index (κ1) is 15.7. The predicted octanol–water partition coefficient (Wildman–Crippen LogP) is 1.50. The van der Waals surface area contributed by atoms with Crippen LogP contribution in [0.3, 0.4) is 0 Å². The minimum atomic E-state index is -3.16. The van der Waals surface area contributed by atoms with Crippen molar-refractivity contribution in [2.75, 3.05) is 18.1 Å². The van der Waals surface area contributed by atoms with Gasteiger partial charge in [0, 0.05) is 25.2 Å². The van der Waals surface area contributed by atoms with E-state index in [0.717, 1.165) is 0 Å². The van der Waals surface area contributed by atoms with E-state index >= 15 is 0 Å². The molecule has 108 valence electrons. The number of nitrogens with zero attached hydrogens (tertiary/aromatic N) is 2. The maximum atomic E-state index is 11.6. The average Bonchev–Trinajstić information content (AvgIpc) is 2.25. The van der Waals surface area contributed by atoms with Crippen molar-refractivity contribution in [2.45, 2.75) is 38.5 Å². The molecule has 0 amide bonds. The van der Waals surface area contributed by atoms with Gasteiger partial charge in [0.15, 0.2) is 15.7 Å². The number of hydrogen-bond donors (Lipinski definition) is 1. The zero-order chi connectivity index (χ0) is 14.7. The number of aromatic nitrogens is 2. The molecule has 1 rings (SSSR count). The van der Waals surface area contributed by atoms with Crippen molar-refractivity contribution in [1.29, 1.82) is 0 Å². The Morgan fingerprint density at radius 2 is 1.89 bits per heavy atom. The lowest BCUT2D eigenvalue weighted by atomic mass is 10.2. The van der Waals surface area contributed by atoms with E-state index in [1.807, 2.05) is 13.8 Å². The van der Waals surface area contributed by atoms with Gasteiger partial charge in [0.25, 0.3) is 5.88 Å². The Morgan fingerprint density at radius 3 is 2.42 bits per heavy atom. The van der Waals surface area contributed by atoms with Crippen molar-refractivity contribution >= 4 is 15.7 Å². The molecule has 0 aliphatic carbocycles. The van der Waals surface area contributed by atoms with Gasteiger partial charge in [-0.15, -0.1) is 0 Å². The van der Waals surface area contributed by atoms with Crippen LogP contribution in [0.5, 0.6) is 5.88 Å². The van der Waals surface area contributed by atoms with E-state index in [-0.39, 0.29) is 12.6 Å². The highest BCUT2D eigenvalue weighted by atomic mass is 32.2. The van der Waals surface area contributed by atoms with Gasteiger partial charge in [-0.2, -0.15) is 0 Å². The van der Waals surface area contributed by atoms with Crippen LogP contribution < -0.4 is 10.1 Å². The second kappa shape index (κ2) is 5.73. The van der Waals surface area contributed by atoms with Crippen molar-refractivity contribution in [3.63, 3.8) is 0 Å². The summed E-state index contributed by atoms with van der Waals surface area (Å²) in [5.74, 6) is 0.828. The summed E-state index contributed by atoms with van der Waals surface area (Å²) in [6.07, 6.45) is 4.25. The Morgan fingerprint density at radius 1 is 1.32 bits per heavy atom. The first-order chi connectivity index (χ1) is 8.63. The Balaban J connectivity index is 2.84. The van der Waals surface area contributed by atoms with E-state index in [4.69, 9.17) is 4.74 Å². The molecule has 6 nitrogen and oxygen atoms in total. The summed E-state index contributed by atoms with van der Waals surface area (Å²) in [4.78, 5) is 8.21. The molecule has 0 aromatic carbocycles. The highest BCUT2D eigenvalue weighted by molar-refractivity contribution is 7.92. The van der Waals surface area contributed by atoms with Crippen LogP contribution in [0, 0.1) is 0 Å². The first-order valence-electron chi connectivity index (χ1n) is 6.04. The van der Waals surface area contributed by atoms with E-state index in [0.29, 0.717) is 11.7 Å². The molecule has 0 fully saturated rings. The van der Waals surface area contributed by atoms with Gasteiger partial charge in [0.1, 0.15) is 0 Å². The second-order valence-corrected chi connectivity index (χ2v) is 7.91. The Labute approximate surface area is 114 Å². The van der Waals surface area contributed by atoms with E-state index in [1.54, 1.807) is 13.8 Å². The molecule has 0 atom stereocenters. The fraction of sp³-hybridized carbons (Fsp3) is 0.667. The van der Waals surface area contributed by atoms with Crippen LogP contribution in [0.15, 0.2) is 12.4 Å². The van der Waals surface area contributed by atoms with E-state index in [1.165, 1.54) is 18.6 Å². The minimum absolute atomic E-state index is 0.0276. The lowest BCUT2D eigenvalue weighted by molar-refractivity contribution is 0.233. The van der Waals surface area contributed by atoms with Crippen LogP contribution in [0.1, 0.15) is 27.7 Å². The predicted molar refractivity (Wildman–Crippen MR) is 75.2 cm³/mol. The maximum absolute atomic E-state index is 11.6. The summed E-state index contributed by atoms with van der Waals surface area (Å²) in [7, 11) is -3.16. The molecular formula is C12H21N3O3S. The van der Waals surface area contributed by atoms with Gasteiger partial charge < -0.3 is 10.1 Å². The molecule has 0 aliphatic heterocycles. The lowest BCUT2D eigenvalue weighted by Gasteiger charge is -2.23. The van der Waals surface area contributed by atoms with Gasteiger partial charge >= 0.3 is 0 Å². The molecule has 0 spiro atoms. The monoisotopic (exact) mass is 287 g/mol. The third kappa shape index (κ3) is 4.34. The minimum Gasteiger partial charge on any atom is -0.472 e. The van der Waals surface area contributed by atoms with Gasteiger partial charge in [-0.05, 0) is 27.7 Å². The van der Waals surface area contributed by atoms with Crippen LogP contribution in [-0.4, -0.2) is 42.0 Å². The van der Waals surface area contributed by atoms with Gasteiger partial charge in [-0.1, -0.05) is 0 Å². The SMILES string of the molecule is CC(C)Oc1nccnc1NCC(C)(C)S(C)(=O)=O. The molecule has 7 heteroatoms. The van der Waals surface area contributed by atoms with Crippen LogP contribution in [0.25, 0.3) is 0 Å². The number of sulfone groups is 1. The van der Waals surface area contributed by atoms with Crippen molar-refractivity contribution in [3.05, 3.63) is 12.4 Å². The van der Waals surface area contributed by atoms with Crippen molar-refractivity contribution in [2.24, 2.45) is 0 Å². The third-order valence-electron chi connectivity index (χ3n) is 2.70. The normalized spacial score (nSPS) is 12.5. The molecule has 0 bridgehead atoms. The summed E-state index contributed by atoms with van der Waals surface area (Å²) in [5.41, 5.74) is 0. The van der Waals surface area contributed by atoms with Crippen LogP contribution in [-0.2, 0) is 9.84 Å². The number of ether oxygens (including phenoxy) is 1. The molecular weight excluding hydrogens is 266 g/mol. The van der Waals surface area contributed by atoms with Crippen molar-refractivity contribution in [3.8, 4) is 5.88 Å². The highest BCUT2D eigenvalue weighted by Gasteiger charge is 2.30. The third-order valence-corrected chi connectivity index (χ3v) is 4.85. The summed E-state index contributed by atoms with van der Waals surface area (Å²) in [6, 6.07) is 0. The number of hydrogen-bond acceptors (Lipinski definition) is 6. The largest absolute Gasteiger partial charge is 0.472 e. The Kier molecular flexibility index (Phi) is 4.73. The Bertz CT molecular complexity index is 527. The van der Waals surface area contributed by atoms with Crippen LogP contribution in [0.4, 0.5) is 5.82 Å². The fourth-order valence-electron chi connectivity index (χ4n) is 1.18. The molecule has 19 heavy (non-hydrogen) atoms. The summed E-state index contributed by atoms with van der Waals surface area (Å²) in [5, 5.41) is 2.99. The zero-order valence-electron chi connectivity index (χ0n) is 12.0. The fourth-order valence-corrected chi connectivity index (χ4v) is 1.52. The zero-order valence-corrected chi connectivity index (χ0v) is 12.8. The van der Waals surface area contributed by atoms with E-state index < -0.39 is 14.6 Å². The van der Waals surface area contributed by atoms with Crippen LogP contribution >= 0.6 is 0 Å². The quantitative estimate of drug-likeness (QED) is 0.854. The molecule has 1 N–H and O–H groups in total.